The molecule has 3 rings (SSSR count). The van der Waals surface area contributed by atoms with E-state index in [1.807, 2.05) is 18.3 Å². The van der Waals surface area contributed by atoms with Crippen LogP contribution >= 0.6 is 0 Å². The van der Waals surface area contributed by atoms with E-state index in [-0.39, 0.29) is 6.04 Å². The number of aryl methyl sites for hydroxylation is 1. The average Bonchev–Trinajstić information content (AvgIpc) is 2.92. The quantitative estimate of drug-likeness (QED) is 0.924. The molecule has 0 saturated carbocycles. The number of benzene rings is 1. The molecule has 0 bridgehead atoms. The molecule has 1 aliphatic heterocycles. The standard InChI is InChI=1S/C17H20N2O2/c1-11(2)17(19-16-8-12(3)6-7-18-16)13-4-5-14-15(9-13)21-10-20-14/h4-9,11,17H,10H2,1-3H3,(H,18,19). The van der Waals surface area contributed by atoms with Crippen LogP contribution in [0.25, 0.3) is 0 Å². The topological polar surface area (TPSA) is 43.4 Å². The van der Waals surface area contributed by atoms with E-state index < -0.39 is 0 Å². The Bertz CT molecular complexity index is 640. The fourth-order valence-corrected chi connectivity index (χ4v) is 2.52. The van der Waals surface area contributed by atoms with Gasteiger partial charge in [0.25, 0.3) is 0 Å². The number of hydrogen-bond acceptors (Lipinski definition) is 4. The molecule has 2 heterocycles. The molecule has 0 spiro atoms. The number of nitrogens with one attached hydrogen (secondary N) is 1. The van der Waals surface area contributed by atoms with Crippen LogP contribution in [-0.4, -0.2) is 11.8 Å². The van der Waals surface area contributed by atoms with E-state index in [0.717, 1.165) is 17.3 Å². The number of fused-ring (bicyclic) bond motifs is 1. The van der Waals surface area contributed by atoms with Gasteiger partial charge in [0.2, 0.25) is 6.79 Å². The lowest BCUT2D eigenvalue weighted by Gasteiger charge is -2.24. The third-order valence-corrected chi connectivity index (χ3v) is 3.64. The summed E-state index contributed by atoms with van der Waals surface area (Å²) in [4.78, 5) is 4.39. The molecule has 0 amide bonds. The second-order valence-electron chi connectivity index (χ2n) is 5.70. The van der Waals surface area contributed by atoms with E-state index >= 15 is 0 Å². The zero-order valence-electron chi connectivity index (χ0n) is 12.6. The molecule has 1 aromatic carbocycles. The molecule has 1 aliphatic rings. The molecular weight excluding hydrogens is 264 g/mol. The van der Waals surface area contributed by atoms with E-state index in [1.165, 1.54) is 11.1 Å². The molecule has 1 atom stereocenters. The molecule has 0 fully saturated rings. The zero-order chi connectivity index (χ0) is 14.8. The first-order valence-corrected chi connectivity index (χ1v) is 7.22. The predicted octanol–water partition coefficient (Wildman–Crippen LogP) is 3.93. The molecule has 4 nitrogen and oxygen atoms in total. The lowest BCUT2D eigenvalue weighted by atomic mass is 9.95. The fraction of sp³-hybridized carbons (Fsp3) is 0.353. The summed E-state index contributed by atoms with van der Waals surface area (Å²) in [6.45, 7) is 6.76. The van der Waals surface area contributed by atoms with Crippen LogP contribution < -0.4 is 14.8 Å². The molecule has 4 heteroatoms. The van der Waals surface area contributed by atoms with Crippen LogP contribution in [0.1, 0.15) is 31.0 Å². The summed E-state index contributed by atoms with van der Waals surface area (Å²) in [6.07, 6.45) is 1.83. The van der Waals surface area contributed by atoms with Crippen molar-refractivity contribution >= 4 is 5.82 Å². The maximum absolute atomic E-state index is 5.47. The first-order chi connectivity index (χ1) is 10.1. The highest BCUT2D eigenvalue weighted by Crippen LogP contribution is 2.36. The van der Waals surface area contributed by atoms with Crippen molar-refractivity contribution in [3.05, 3.63) is 47.7 Å². The van der Waals surface area contributed by atoms with Gasteiger partial charge >= 0.3 is 0 Å². The molecule has 0 saturated heterocycles. The first-order valence-electron chi connectivity index (χ1n) is 7.22. The van der Waals surface area contributed by atoms with E-state index in [9.17, 15) is 0 Å². The van der Waals surface area contributed by atoms with Crippen molar-refractivity contribution in [1.82, 2.24) is 4.98 Å². The van der Waals surface area contributed by atoms with Gasteiger partial charge < -0.3 is 14.8 Å². The summed E-state index contributed by atoms with van der Waals surface area (Å²) >= 11 is 0. The summed E-state index contributed by atoms with van der Waals surface area (Å²) in [5.41, 5.74) is 2.37. The van der Waals surface area contributed by atoms with Gasteiger partial charge in [-0.1, -0.05) is 19.9 Å². The summed E-state index contributed by atoms with van der Waals surface area (Å²) in [5, 5.41) is 3.52. The van der Waals surface area contributed by atoms with Gasteiger partial charge in [0, 0.05) is 6.20 Å². The lowest BCUT2D eigenvalue weighted by molar-refractivity contribution is 0.174. The number of rotatable bonds is 4. The van der Waals surface area contributed by atoms with Crippen molar-refractivity contribution in [2.75, 3.05) is 12.1 Å². The Morgan fingerprint density at radius 1 is 1.10 bits per heavy atom. The average molecular weight is 284 g/mol. The van der Waals surface area contributed by atoms with Crippen LogP contribution in [0.3, 0.4) is 0 Å². The zero-order valence-corrected chi connectivity index (χ0v) is 12.6. The minimum atomic E-state index is 0.175. The van der Waals surface area contributed by atoms with Crippen molar-refractivity contribution in [3.8, 4) is 11.5 Å². The Kier molecular flexibility index (Phi) is 3.69. The van der Waals surface area contributed by atoms with Crippen molar-refractivity contribution < 1.29 is 9.47 Å². The van der Waals surface area contributed by atoms with Crippen molar-refractivity contribution in [3.63, 3.8) is 0 Å². The normalized spacial score (nSPS) is 14.3. The highest BCUT2D eigenvalue weighted by atomic mass is 16.7. The Balaban J connectivity index is 1.88. The molecule has 21 heavy (non-hydrogen) atoms. The molecule has 110 valence electrons. The van der Waals surface area contributed by atoms with E-state index in [1.54, 1.807) is 0 Å². The lowest BCUT2D eigenvalue weighted by Crippen LogP contribution is -2.17. The molecule has 0 aliphatic carbocycles. The monoisotopic (exact) mass is 284 g/mol. The second kappa shape index (κ2) is 5.64. The highest BCUT2D eigenvalue weighted by molar-refractivity contribution is 5.48. The number of anilines is 1. The van der Waals surface area contributed by atoms with Crippen molar-refractivity contribution in [1.29, 1.82) is 0 Å². The molecule has 1 aromatic heterocycles. The van der Waals surface area contributed by atoms with Crippen LogP contribution in [0.4, 0.5) is 5.82 Å². The third-order valence-electron chi connectivity index (χ3n) is 3.64. The maximum atomic E-state index is 5.47. The number of ether oxygens (including phenoxy) is 2. The van der Waals surface area contributed by atoms with Crippen LogP contribution in [0.2, 0.25) is 0 Å². The Morgan fingerprint density at radius 2 is 1.90 bits per heavy atom. The van der Waals surface area contributed by atoms with Crippen LogP contribution in [0.15, 0.2) is 36.5 Å². The van der Waals surface area contributed by atoms with E-state index in [2.05, 4.69) is 49.3 Å². The Morgan fingerprint density at radius 3 is 2.67 bits per heavy atom. The minimum Gasteiger partial charge on any atom is -0.454 e. The summed E-state index contributed by atoms with van der Waals surface area (Å²) in [7, 11) is 0. The van der Waals surface area contributed by atoms with Gasteiger partial charge in [0.15, 0.2) is 11.5 Å². The summed E-state index contributed by atoms with van der Waals surface area (Å²) in [5.74, 6) is 2.95. The maximum Gasteiger partial charge on any atom is 0.231 e. The van der Waals surface area contributed by atoms with Gasteiger partial charge in [-0.3, -0.25) is 0 Å². The summed E-state index contributed by atoms with van der Waals surface area (Å²) < 4.78 is 10.8. The Hall–Kier alpha value is -2.23. The molecule has 1 N–H and O–H groups in total. The summed E-state index contributed by atoms with van der Waals surface area (Å²) in [6, 6.07) is 10.3. The third kappa shape index (κ3) is 2.94. The van der Waals surface area contributed by atoms with Gasteiger partial charge in [-0.25, -0.2) is 4.98 Å². The molecule has 0 radical (unpaired) electrons. The smallest absolute Gasteiger partial charge is 0.231 e. The molecular formula is C17H20N2O2. The molecule has 1 unspecified atom stereocenters. The van der Waals surface area contributed by atoms with Gasteiger partial charge in [0.05, 0.1) is 6.04 Å². The number of aromatic nitrogens is 1. The highest BCUT2D eigenvalue weighted by Gasteiger charge is 2.20. The van der Waals surface area contributed by atoms with Gasteiger partial charge in [-0.15, -0.1) is 0 Å². The first kappa shape index (κ1) is 13.7. The fourth-order valence-electron chi connectivity index (χ4n) is 2.52. The Labute approximate surface area is 125 Å². The van der Waals surface area contributed by atoms with E-state index in [4.69, 9.17) is 9.47 Å². The van der Waals surface area contributed by atoms with Gasteiger partial charge in [0.1, 0.15) is 5.82 Å². The largest absolute Gasteiger partial charge is 0.454 e. The van der Waals surface area contributed by atoms with Gasteiger partial charge in [-0.2, -0.15) is 0 Å². The SMILES string of the molecule is Cc1ccnc(NC(c2ccc3c(c2)OCO3)C(C)C)c1. The van der Waals surface area contributed by atoms with Crippen LogP contribution in [-0.2, 0) is 0 Å². The van der Waals surface area contributed by atoms with E-state index in [0.29, 0.717) is 12.7 Å². The van der Waals surface area contributed by atoms with Crippen molar-refractivity contribution in [2.24, 2.45) is 5.92 Å². The number of nitrogens with zero attached hydrogens (tertiary/aromatic N) is 1. The van der Waals surface area contributed by atoms with Gasteiger partial charge in [-0.05, 0) is 48.2 Å². The number of hydrogen-bond donors (Lipinski definition) is 1. The van der Waals surface area contributed by atoms with Crippen LogP contribution in [0, 0.1) is 12.8 Å². The predicted molar refractivity (Wildman–Crippen MR) is 82.7 cm³/mol. The second-order valence-corrected chi connectivity index (χ2v) is 5.70. The van der Waals surface area contributed by atoms with Crippen LogP contribution in [0.5, 0.6) is 11.5 Å². The minimum absolute atomic E-state index is 0.175. The number of pyridine rings is 1. The molecule has 2 aromatic rings. The van der Waals surface area contributed by atoms with Crippen molar-refractivity contribution in [2.45, 2.75) is 26.8 Å².